The van der Waals surface area contributed by atoms with Gasteiger partial charge in [0.15, 0.2) is 0 Å². The van der Waals surface area contributed by atoms with E-state index in [4.69, 9.17) is 9.47 Å². The second kappa shape index (κ2) is 7.01. The number of hydrogen-bond acceptors (Lipinski definition) is 3. The minimum Gasteiger partial charge on any atom is -0.491 e. The van der Waals surface area contributed by atoms with Crippen molar-refractivity contribution in [2.24, 2.45) is 0 Å². The van der Waals surface area contributed by atoms with Gasteiger partial charge in [-0.3, -0.25) is 4.90 Å². The van der Waals surface area contributed by atoms with Crippen LogP contribution in [0, 0.1) is 0 Å². The molecule has 0 bridgehead atoms. The Kier molecular flexibility index (Phi) is 4.62. The zero-order chi connectivity index (χ0) is 16.1. The van der Waals surface area contributed by atoms with Crippen LogP contribution in [0.15, 0.2) is 67.3 Å². The molecule has 0 aliphatic carbocycles. The SMILES string of the molecule is C=CCc1ccccc1OCC1COC(=O)N1c1ccccc1. The molecule has 0 saturated carbocycles. The molecule has 0 N–H and O–H groups in total. The van der Waals surface area contributed by atoms with Crippen molar-refractivity contribution >= 4 is 11.8 Å². The second-order valence-corrected chi connectivity index (χ2v) is 5.35. The van der Waals surface area contributed by atoms with E-state index >= 15 is 0 Å². The molecule has 1 unspecified atom stereocenters. The highest BCUT2D eigenvalue weighted by molar-refractivity contribution is 5.90. The number of rotatable bonds is 6. The van der Waals surface area contributed by atoms with Gasteiger partial charge in [0.1, 0.15) is 25.0 Å². The van der Waals surface area contributed by atoms with Crippen LogP contribution in [0.3, 0.4) is 0 Å². The van der Waals surface area contributed by atoms with Crippen molar-refractivity contribution in [2.75, 3.05) is 18.1 Å². The molecule has 1 atom stereocenters. The predicted molar refractivity (Wildman–Crippen MR) is 89.9 cm³/mol. The summed E-state index contributed by atoms with van der Waals surface area (Å²) in [5.41, 5.74) is 1.90. The average molecular weight is 309 g/mol. The lowest BCUT2D eigenvalue weighted by Gasteiger charge is -2.22. The molecule has 1 saturated heterocycles. The summed E-state index contributed by atoms with van der Waals surface area (Å²) in [5, 5.41) is 0. The molecule has 118 valence electrons. The molecule has 0 spiro atoms. The highest BCUT2D eigenvalue weighted by Crippen LogP contribution is 2.25. The fourth-order valence-corrected chi connectivity index (χ4v) is 2.64. The monoisotopic (exact) mass is 309 g/mol. The molecule has 1 heterocycles. The van der Waals surface area contributed by atoms with Gasteiger partial charge in [0.2, 0.25) is 0 Å². The fourth-order valence-electron chi connectivity index (χ4n) is 2.64. The summed E-state index contributed by atoms with van der Waals surface area (Å²) in [5.74, 6) is 0.819. The highest BCUT2D eigenvalue weighted by Gasteiger charge is 2.34. The molecule has 1 amide bonds. The Balaban J connectivity index is 1.72. The molecule has 1 aliphatic rings. The van der Waals surface area contributed by atoms with Gasteiger partial charge in [0.05, 0.1) is 0 Å². The van der Waals surface area contributed by atoms with Crippen LogP contribution in [-0.4, -0.2) is 25.3 Å². The molecule has 0 radical (unpaired) electrons. The third-order valence-corrected chi connectivity index (χ3v) is 3.76. The molecule has 1 fully saturated rings. The van der Waals surface area contributed by atoms with E-state index in [9.17, 15) is 4.79 Å². The molecule has 3 rings (SSSR count). The van der Waals surface area contributed by atoms with Gasteiger partial charge in [-0.2, -0.15) is 0 Å². The van der Waals surface area contributed by atoms with Gasteiger partial charge in [0.25, 0.3) is 0 Å². The molecule has 0 aromatic heterocycles. The topological polar surface area (TPSA) is 38.8 Å². The number of nitrogens with zero attached hydrogens (tertiary/aromatic N) is 1. The van der Waals surface area contributed by atoms with E-state index in [2.05, 4.69) is 6.58 Å². The van der Waals surface area contributed by atoms with Gasteiger partial charge in [-0.25, -0.2) is 4.79 Å². The first-order chi connectivity index (χ1) is 11.3. The van der Waals surface area contributed by atoms with Gasteiger partial charge in [-0.05, 0) is 30.2 Å². The Morgan fingerprint density at radius 3 is 2.70 bits per heavy atom. The minimum atomic E-state index is -0.329. The quantitative estimate of drug-likeness (QED) is 0.761. The van der Waals surface area contributed by atoms with Crippen molar-refractivity contribution in [2.45, 2.75) is 12.5 Å². The maximum absolute atomic E-state index is 12.0. The van der Waals surface area contributed by atoms with E-state index in [1.54, 1.807) is 4.90 Å². The van der Waals surface area contributed by atoms with Crippen molar-refractivity contribution < 1.29 is 14.3 Å². The fraction of sp³-hybridized carbons (Fsp3) is 0.211. The number of hydrogen-bond donors (Lipinski definition) is 0. The number of anilines is 1. The first-order valence-electron chi connectivity index (χ1n) is 7.62. The second-order valence-electron chi connectivity index (χ2n) is 5.35. The Labute approximate surface area is 135 Å². The molecule has 2 aromatic carbocycles. The van der Waals surface area contributed by atoms with E-state index in [1.807, 2.05) is 60.7 Å². The van der Waals surface area contributed by atoms with Crippen LogP contribution < -0.4 is 9.64 Å². The van der Waals surface area contributed by atoms with Gasteiger partial charge in [-0.1, -0.05) is 42.5 Å². The first kappa shape index (κ1) is 15.2. The summed E-state index contributed by atoms with van der Waals surface area (Å²) in [6, 6.07) is 17.2. The summed E-state index contributed by atoms with van der Waals surface area (Å²) in [7, 11) is 0. The van der Waals surface area contributed by atoms with Gasteiger partial charge < -0.3 is 9.47 Å². The maximum atomic E-state index is 12.0. The van der Waals surface area contributed by atoms with Crippen molar-refractivity contribution in [1.29, 1.82) is 0 Å². The Morgan fingerprint density at radius 2 is 1.91 bits per heavy atom. The van der Waals surface area contributed by atoms with E-state index in [1.165, 1.54) is 0 Å². The lowest BCUT2D eigenvalue weighted by atomic mass is 10.1. The highest BCUT2D eigenvalue weighted by atomic mass is 16.6. The van der Waals surface area contributed by atoms with Crippen molar-refractivity contribution in [3.8, 4) is 5.75 Å². The smallest absolute Gasteiger partial charge is 0.414 e. The normalized spacial score (nSPS) is 17.0. The van der Waals surface area contributed by atoms with Crippen LogP contribution in [0.5, 0.6) is 5.75 Å². The zero-order valence-corrected chi connectivity index (χ0v) is 12.9. The Morgan fingerprint density at radius 1 is 1.17 bits per heavy atom. The van der Waals surface area contributed by atoms with Crippen molar-refractivity contribution in [3.63, 3.8) is 0 Å². The number of carbonyl (C=O) groups excluding carboxylic acids is 1. The number of ether oxygens (including phenoxy) is 2. The van der Waals surface area contributed by atoms with Crippen LogP contribution in [0.25, 0.3) is 0 Å². The van der Waals surface area contributed by atoms with Crippen LogP contribution in [-0.2, 0) is 11.2 Å². The molecule has 1 aliphatic heterocycles. The molecule has 4 nitrogen and oxygen atoms in total. The van der Waals surface area contributed by atoms with Gasteiger partial charge in [0, 0.05) is 5.69 Å². The van der Waals surface area contributed by atoms with Crippen LogP contribution >= 0.6 is 0 Å². The van der Waals surface area contributed by atoms with E-state index in [0.29, 0.717) is 13.2 Å². The van der Waals surface area contributed by atoms with Crippen LogP contribution in [0.1, 0.15) is 5.56 Å². The number of allylic oxidation sites excluding steroid dienone is 1. The maximum Gasteiger partial charge on any atom is 0.414 e. The van der Waals surface area contributed by atoms with Crippen molar-refractivity contribution in [3.05, 3.63) is 72.8 Å². The summed E-state index contributed by atoms with van der Waals surface area (Å²) < 4.78 is 11.1. The van der Waals surface area contributed by atoms with E-state index in [0.717, 1.165) is 23.4 Å². The van der Waals surface area contributed by atoms with Crippen molar-refractivity contribution in [1.82, 2.24) is 0 Å². The number of amides is 1. The number of para-hydroxylation sites is 2. The van der Waals surface area contributed by atoms with Crippen LogP contribution in [0.2, 0.25) is 0 Å². The Hall–Kier alpha value is -2.75. The third-order valence-electron chi connectivity index (χ3n) is 3.76. The molecule has 4 heteroatoms. The number of cyclic esters (lactones) is 1. The average Bonchev–Trinajstić information content (AvgIpc) is 2.96. The molecule has 2 aromatic rings. The predicted octanol–water partition coefficient (Wildman–Crippen LogP) is 3.82. The molecular weight excluding hydrogens is 290 g/mol. The third kappa shape index (κ3) is 3.37. The van der Waals surface area contributed by atoms with E-state index in [-0.39, 0.29) is 12.1 Å². The standard InChI is InChI=1S/C19H19NO3/c1-2-8-15-9-6-7-12-18(15)22-13-17-14-23-19(21)20(17)16-10-4-3-5-11-16/h2-7,9-12,17H,1,8,13-14H2. The first-order valence-corrected chi connectivity index (χ1v) is 7.62. The summed E-state index contributed by atoms with van der Waals surface area (Å²) in [6.45, 7) is 4.48. The summed E-state index contributed by atoms with van der Waals surface area (Å²) in [4.78, 5) is 13.6. The van der Waals surface area contributed by atoms with Crippen LogP contribution in [0.4, 0.5) is 10.5 Å². The number of benzene rings is 2. The zero-order valence-electron chi connectivity index (χ0n) is 12.9. The number of carbonyl (C=O) groups is 1. The Bertz CT molecular complexity index is 684. The van der Waals surface area contributed by atoms with Gasteiger partial charge >= 0.3 is 6.09 Å². The lowest BCUT2D eigenvalue weighted by molar-refractivity contribution is 0.175. The lowest BCUT2D eigenvalue weighted by Crippen LogP contribution is -2.37. The molecular formula is C19H19NO3. The summed E-state index contributed by atoms with van der Waals surface area (Å²) >= 11 is 0. The summed E-state index contributed by atoms with van der Waals surface area (Å²) in [6.07, 6.45) is 2.27. The largest absolute Gasteiger partial charge is 0.491 e. The minimum absolute atomic E-state index is 0.137. The van der Waals surface area contributed by atoms with E-state index < -0.39 is 0 Å². The van der Waals surface area contributed by atoms with Gasteiger partial charge in [-0.15, -0.1) is 6.58 Å². The molecule has 23 heavy (non-hydrogen) atoms.